The zero-order valence-electron chi connectivity index (χ0n) is 14.4. The number of nitrogens with zero attached hydrogens (tertiary/aromatic N) is 2. The van der Waals surface area contributed by atoms with Crippen LogP contribution in [-0.4, -0.2) is 15.5 Å². The third-order valence-corrected chi connectivity index (χ3v) is 5.89. The highest BCUT2D eigenvalue weighted by molar-refractivity contribution is 7.20. The van der Waals surface area contributed by atoms with Crippen LogP contribution in [0.5, 0.6) is 0 Å². The molecule has 1 atom stereocenters. The maximum atomic E-state index is 13.0. The van der Waals surface area contributed by atoms with Crippen molar-refractivity contribution in [1.82, 2.24) is 9.55 Å². The molecule has 5 nitrogen and oxygen atoms in total. The van der Waals surface area contributed by atoms with E-state index in [0.717, 1.165) is 18.7 Å². The second-order valence-electron chi connectivity index (χ2n) is 6.42. The minimum absolute atomic E-state index is 0.0816. The zero-order valence-corrected chi connectivity index (χ0v) is 15.2. The second-order valence-corrected chi connectivity index (χ2v) is 7.42. The number of fused-ring (bicyclic) bond motifs is 2. The lowest BCUT2D eigenvalue weighted by molar-refractivity contribution is 0.0343. The third-order valence-electron chi connectivity index (χ3n) is 4.72. The standard InChI is InChI=1S/C19H17FN2O3S/c1-10-15-17(21-14-4-3-9-22(14)18(15)23)26-16(10)19(24)25-11(2)12-5-7-13(20)8-6-12/h5-8,11H,3-4,9H2,1-2H3. The van der Waals surface area contributed by atoms with Crippen molar-refractivity contribution in [2.75, 3.05) is 0 Å². The Balaban J connectivity index is 1.67. The van der Waals surface area contributed by atoms with Gasteiger partial charge in [-0.15, -0.1) is 11.3 Å². The molecule has 1 unspecified atom stereocenters. The van der Waals surface area contributed by atoms with Crippen LogP contribution < -0.4 is 5.56 Å². The number of carbonyl (C=O) groups is 1. The van der Waals surface area contributed by atoms with Gasteiger partial charge in [0.25, 0.3) is 5.56 Å². The Morgan fingerprint density at radius 1 is 1.35 bits per heavy atom. The van der Waals surface area contributed by atoms with Gasteiger partial charge in [-0.25, -0.2) is 14.2 Å². The normalized spacial score (nSPS) is 14.4. The number of hydrogen-bond acceptors (Lipinski definition) is 5. The van der Waals surface area contributed by atoms with Gasteiger partial charge in [0.2, 0.25) is 0 Å². The number of hydrogen-bond donors (Lipinski definition) is 0. The molecule has 0 radical (unpaired) electrons. The Morgan fingerprint density at radius 3 is 2.81 bits per heavy atom. The summed E-state index contributed by atoms with van der Waals surface area (Å²) in [6.45, 7) is 4.16. The van der Waals surface area contributed by atoms with Crippen LogP contribution in [0.25, 0.3) is 10.2 Å². The lowest BCUT2D eigenvalue weighted by Crippen LogP contribution is -2.20. The number of aryl methyl sites for hydroxylation is 2. The molecule has 3 aromatic rings. The minimum Gasteiger partial charge on any atom is -0.454 e. The average molecular weight is 372 g/mol. The number of benzene rings is 1. The first kappa shape index (κ1) is 16.9. The lowest BCUT2D eigenvalue weighted by atomic mass is 10.1. The highest BCUT2D eigenvalue weighted by Gasteiger charge is 2.25. The molecule has 0 amide bonds. The summed E-state index contributed by atoms with van der Waals surface area (Å²) in [6, 6.07) is 5.83. The highest BCUT2D eigenvalue weighted by Crippen LogP contribution is 2.30. The first-order chi connectivity index (χ1) is 12.5. The van der Waals surface area contributed by atoms with E-state index in [1.54, 1.807) is 30.5 Å². The molecule has 1 aliphatic heterocycles. The SMILES string of the molecule is Cc1c(C(=O)OC(C)c2ccc(F)cc2)sc2nc3n(c(=O)c12)CCC3. The summed E-state index contributed by atoms with van der Waals surface area (Å²) in [6.07, 6.45) is 1.18. The van der Waals surface area contributed by atoms with Crippen LogP contribution >= 0.6 is 11.3 Å². The molecule has 1 aromatic carbocycles. The van der Waals surface area contributed by atoms with E-state index in [1.165, 1.54) is 23.5 Å². The van der Waals surface area contributed by atoms with Crippen LogP contribution in [0.4, 0.5) is 4.39 Å². The van der Waals surface area contributed by atoms with E-state index in [4.69, 9.17) is 4.74 Å². The van der Waals surface area contributed by atoms with E-state index >= 15 is 0 Å². The van der Waals surface area contributed by atoms with Crippen LogP contribution in [0.3, 0.4) is 0 Å². The molecule has 0 saturated carbocycles. The molecular weight excluding hydrogens is 355 g/mol. The predicted octanol–water partition coefficient (Wildman–Crippen LogP) is 3.77. The van der Waals surface area contributed by atoms with Crippen LogP contribution in [0, 0.1) is 12.7 Å². The van der Waals surface area contributed by atoms with Gasteiger partial charge in [0, 0.05) is 13.0 Å². The first-order valence-electron chi connectivity index (χ1n) is 8.45. The first-order valence-corrected chi connectivity index (χ1v) is 9.26. The molecule has 0 spiro atoms. The monoisotopic (exact) mass is 372 g/mol. The zero-order chi connectivity index (χ0) is 18.4. The molecular formula is C19H17FN2O3S. The number of ether oxygens (including phenoxy) is 1. The van der Waals surface area contributed by atoms with Crippen molar-refractivity contribution in [1.29, 1.82) is 0 Å². The summed E-state index contributed by atoms with van der Waals surface area (Å²) >= 11 is 1.19. The van der Waals surface area contributed by atoms with Crippen LogP contribution in [0.1, 0.15) is 46.1 Å². The summed E-state index contributed by atoms with van der Waals surface area (Å²) in [5, 5.41) is 0.502. The van der Waals surface area contributed by atoms with Crippen molar-refractivity contribution in [2.24, 2.45) is 0 Å². The summed E-state index contributed by atoms with van der Waals surface area (Å²) in [4.78, 5) is 30.9. The number of rotatable bonds is 3. The lowest BCUT2D eigenvalue weighted by Gasteiger charge is -2.13. The molecule has 7 heteroatoms. The Bertz CT molecular complexity index is 1070. The summed E-state index contributed by atoms with van der Waals surface area (Å²) in [5.74, 6) is -0.0533. The van der Waals surface area contributed by atoms with Gasteiger partial charge in [-0.2, -0.15) is 0 Å². The van der Waals surface area contributed by atoms with E-state index in [9.17, 15) is 14.0 Å². The number of esters is 1. The topological polar surface area (TPSA) is 61.2 Å². The van der Waals surface area contributed by atoms with Gasteiger partial charge < -0.3 is 4.74 Å². The van der Waals surface area contributed by atoms with Crippen molar-refractivity contribution in [2.45, 2.75) is 39.3 Å². The van der Waals surface area contributed by atoms with Gasteiger partial charge in [0.1, 0.15) is 27.5 Å². The van der Waals surface area contributed by atoms with Crippen LogP contribution in [0.2, 0.25) is 0 Å². The highest BCUT2D eigenvalue weighted by atomic mass is 32.1. The molecule has 2 aromatic heterocycles. The minimum atomic E-state index is -0.522. The fourth-order valence-electron chi connectivity index (χ4n) is 3.29. The van der Waals surface area contributed by atoms with Gasteiger partial charge in [-0.3, -0.25) is 9.36 Å². The van der Waals surface area contributed by atoms with Gasteiger partial charge in [0.05, 0.1) is 5.39 Å². The van der Waals surface area contributed by atoms with Gasteiger partial charge in [-0.05, 0) is 43.5 Å². The molecule has 0 aliphatic carbocycles. The second kappa shape index (κ2) is 6.32. The average Bonchev–Trinajstić information content (AvgIpc) is 3.20. The van der Waals surface area contributed by atoms with E-state index in [2.05, 4.69) is 4.98 Å². The van der Waals surface area contributed by atoms with Gasteiger partial charge in [0.15, 0.2) is 0 Å². The summed E-state index contributed by atoms with van der Waals surface area (Å²) in [5.41, 5.74) is 1.23. The molecule has 3 heterocycles. The number of halogens is 1. The summed E-state index contributed by atoms with van der Waals surface area (Å²) in [7, 11) is 0. The van der Waals surface area contributed by atoms with Gasteiger partial charge >= 0.3 is 5.97 Å². The molecule has 0 bridgehead atoms. The van der Waals surface area contributed by atoms with E-state index in [0.29, 0.717) is 32.8 Å². The molecule has 134 valence electrons. The fourth-order valence-corrected chi connectivity index (χ4v) is 4.36. The molecule has 0 saturated heterocycles. The van der Waals surface area contributed by atoms with E-state index < -0.39 is 12.1 Å². The predicted molar refractivity (Wildman–Crippen MR) is 97.2 cm³/mol. The van der Waals surface area contributed by atoms with Gasteiger partial charge in [-0.1, -0.05) is 12.1 Å². The summed E-state index contributed by atoms with van der Waals surface area (Å²) < 4.78 is 20.3. The van der Waals surface area contributed by atoms with Crippen molar-refractivity contribution < 1.29 is 13.9 Å². The van der Waals surface area contributed by atoms with Crippen molar-refractivity contribution in [3.63, 3.8) is 0 Å². The molecule has 1 aliphatic rings. The van der Waals surface area contributed by atoms with Crippen molar-refractivity contribution in [3.05, 3.63) is 62.3 Å². The quantitative estimate of drug-likeness (QED) is 0.657. The largest absolute Gasteiger partial charge is 0.454 e. The van der Waals surface area contributed by atoms with E-state index in [-0.39, 0.29) is 11.4 Å². The Morgan fingerprint density at radius 2 is 2.08 bits per heavy atom. The molecule has 4 rings (SSSR count). The van der Waals surface area contributed by atoms with E-state index in [1.807, 2.05) is 0 Å². The molecule has 26 heavy (non-hydrogen) atoms. The number of aromatic nitrogens is 2. The fraction of sp³-hybridized carbons (Fsp3) is 0.316. The number of thiophene rings is 1. The molecule has 0 N–H and O–H groups in total. The Hall–Kier alpha value is -2.54. The Labute approximate surface area is 153 Å². The maximum Gasteiger partial charge on any atom is 0.349 e. The number of carbonyl (C=O) groups excluding carboxylic acids is 1. The third kappa shape index (κ3) is 2.72. The maximum absolute atomic E-state index is 13.0. The molecule has 0 fully saturated rings. The van der Waals surface area contributed by atoms with Crippen molar-refractivity contribution in [3.8, 4) is 0 Å². The van der Waals surface area contributed by atoms with Crippen LogP contribution in [0.15, 0.2) is 29.1 Å². The smallest absolute Gasteiger partial charge is 0.349 e. The van der Waals surface area contributed by atoms with Crippen LogP contribution in [-0.2, 0) is 17.7 Å². The Kier molecular flexibility index (Phi) is 4.11. The van der Waals surface area contributed by atoms with Crippen molar-refractivity contribution >= 4 is 27.5 Å².